The number of amides is 8. The number of rotatable bonds is 30. The Kier molecular flexibility index (Phi) is 22.9. The van der Waals surface area contributed by atoms with Gasteiger partial charge in [-0.25, -0.2) is 18.9 Å². The van der Waals surface area contributed by atoms with Crippen molar-refractivity contribution in [1.82, 2.24) is 30.4 Å². The topological polar surface area (TPSA) is 372 Å². The number of nitrogens with two attached hydrogens (primary N) is 2. The molecule has 3 aromatic carbocycles. The summed E-state index contributed by atoms with van der Waals surface area (Å²) < 4.78 is 29.1. The van der Waals surface area contributed by atoms with Crippen LogP contribution in [0.2, 0.25) is 0 Å². The molecular formula is C67H88Cl2N11O15P. The van der Waals surface area contributed by atoms with E-state index in [1.165, 1.54) is 36.9 Å². The summed E-state index contributed by atoms with van der Waals surface area (Å²) in [5.41, 5.74) is 15.3. The molecule has 0 unspecified atom stereocenters. The number of phosphoric acid groups is 1. The van der Waals surface area contributed by atoms with Gasteiger partial charge >= 0.3 is 26.0 Å². The number of Topliss-reactive ketones (excluding diaryl/α,β-unsaturated/α-hetero) is 2. The van der Waals surface area contributed by atoms with Crippen molar-refractivity contribution >= 4 is 123 Å². The zero-order chi connectivity index (χ0) is 69.7. The van der Waals surface area contributed by atoms with Gasteiger partial charge in [-0.15, -0.1) is 23.2 Å². The number of hydrogen-bond donors (Lipinski definition) is 9. The number of ketones is 2. The number of aryl methyl sites for hydroxylation is 2. The van der Waals surface area contributed by atoms with Crippen molar-refractivity contribution in [2.75, 3.05) is 80.2 Å². The van der Waals surface area contributed by atoms with E-state index in [1.807, 2.05) is 13.8 Å². The highest BCUT2D eigenvalue weighted by Crippen LogP contribution is 2.65. The van der Waals surface area contributed by atoms with Gasteiger partial charge in [0.1, 0.15) is 12.4 Å². The number of aromatic amines is 2. The molecule has 26 nitrogen and oxygen atoms in total. The molecule has 4 aliphatic rings. The first-order chi connectivity index (χ1) is 45.5. The zero-order valence-electron chi connectivity index (χ0n) is 55.3. The van der Waals surface area contributed by atoms with Gasteiger partial charge in [-0.3, -0.25) is 33.8 Å². The molecule has 0 spiro atoms. The Balaban J connectivity index is 0.805. The Morgan fingerprint density at radius 1 is 0.750 bits per heavy atom. The first-order valence-electron chi connectivity index (χ1n) is 32.6. The van der Waals surface area contributed by atoms with Crippen molar-refractivity contribution in [1.29, 1.82) is 0 Å². The molecule has 2 aliphatic heterocycles. The standard InChI is InChI=1S/C67H88Cl2N11O15P/c1-37(2)56(76-60(84)42(25-40(5)81)11-8-9-21-70)49(82)26-43(12-10-22-72-63(71)87)59(83)75-46-15-13-41(14-16-46)35-93-64(88)77(6)23-24-78(7)65(89)94-50-27-47-54(52-38(3)31-73-57(50)52)44(29-68)33-79(47)61(85)66-17-19-67(36-66,20-18-66)62(86)80-34-45(30-69)55-48(80)28-51(95-96(90,91)92)58-53(55)39(4)32-74-58/h13-16,27-28,31-32,37,42-45,56,73-74H,8-12,17-26,29-30,33-36,70H2,1-7H3,(H,75,83)(H,76,84)(H3,71,72,87)(H2,90,91,92)/t42-,43-,44-,45-,56+,66?,67?/m1/s1. The van der Waals surface area contributed by atoms with Crippen molar-refractivity contribution in [2.24, 2.45) is 40.1 Å². The second-order valence-electron chi connectivity index (χ2n) is 26.8. The highest BCUT2D eigenvalue weighted by atomic mass is 35.5. The third-order valence-corrected chi connectivity index (χ3v) is 20.7. The normalized spacial score (nSPS) is 19.6. The summed E-state index contributed by atoms with van der Waals surface area (Å²) >= 11 is 13.3. The van der Waals surface area contributed by atoms with E-state index in [-0.39, 0.29) is 129 Å². The van der Waals surface area contributed by atoms with Crippen LogP contribution in [0.4, 0.5) is 31.4 Å². The van der Waals surface area contributed by atoms with Crippen molar-refractivity contribution in [2.45, 2.75) is 136 Å². The molecule has 96 heavy (non-hydrogen) atoms. The van der Waals surface area contributed by atoms with Gasteiger partial charge in [0.25, 0.3) is 0 Å². The molecule has 5 atom stereocenters. The second kappa shape index (κ2) is 30.4. The van der Waals surface area contributed by atoms with E-state index in [1.54, 1.807) is 66.4 Å². The van der Waals surface area contributed by atoms with Gasteiger partial charge in [-0.05, 0) is 131 Å². The zero-order valence-corrected chi connectivity index (χ0v) is 57.7. The van der Waals surface area contributed by atoms with Gasteiger partial charge in [0, 0.05) is 136 Å². The van der Waals surface area contributed by atoms with E-state index < -0.39 is 66.6 Å². The largest absolute Gasteiger partial charge is 0.524 e. The molecule has 29 heteroatoms. The third kappa shape index (κ3) is 15.8. The van der Waals surface area contributed by atoms with E-state index in [0.29, 0.717) is 97.0 Å². The predicted molar refractivity (Wildman–Crippen MR) is 363 cm³/mol. The van der Waals surface area contributed by atoms with Crippen LogP contribution in [0.25, 0.3) is 21.8 Å². The fourth-order valence-corrected chi connectivity index (χ4v) is 15.4. The summed E-state index contributed by atoms with van der Waals surface area (Å²) in [5.74, 6) is -3.69. The van der Waals surface area contributed by atoms with Crippen LogP contribution >= 0.6 is 31.0 Å². The Bertz CT molecular complexity index is 3840. The number of alkyl halides is 2. The highest BCUT2D eigenvalue weighted by molar-refractivity contribution is 7.46. The van der Waals surface area contributed by atoms with Crippen LogP contribution in [0.5, 0.6) is 11.5 Å². The summed E-state index contributed by atoms with van der Waals surface area (Å²) in [4.78, 5) is 155. The lowest BCUT2D eigenvalue weighted by Gasteiger charge is -2.32. The van der Waals surface area contributed by atoms with Crippen molar-refractivity contribution in [3.63, 3.8) is 0 Å². The molecule has 2 aromatic heterocycles. The second-order valence-corrected chi connectivity index (χ2v) is 28.6. The molecule has 2 saturated carbocycles. The summed E-state index contributed by atoms with van der Waals surface area (Å²) in [5, 5.41) is 9.66. The minimum absolute atomic E-state index is 0.0231. The number of anilines is 3. The molecule has 8 amide bonds. The number of phosphoric ester groups is 1. The van der Waals surface area contributed by atoms with Gasteiger partial charge in [-0.1, -0.05) is 32.4 Å². The number of halogens is 2. The molecule has 2 aliphatic carbocycles. The number of benzene rings is 3. The molecular weight excluding hydrogens is 1300 g/mol. The maximum atomic E-state index is 15.4. The van der Waals surface area contributed by atoms with Crippen LogP contribution in [0.3, 0.4) is 0 Å². The maximum absolute atomic E-state index is 15.4. The van der Waals surface area contributed by atoms with Gasteiger partial charge < -0.3 is 75.8 Å². The fourth-order valence-electron chi connectivity index (χ4n) is 14.5. The molecule has 2 bridgehead atoms. The molecule has 4 heterocycles. The van der Waals surface area contributed by atoms with Gasteiger partial charge in [0.2, 0.25) is 23.6 Å². The number of nitrogens with zero attached hydrogens (tertiary/aromatic N) is 4. The first-order valence-corrected chi connectivity index (χ1v) is 35.2. The van der Waals surface area contributed by atoms with E-state index in [9.17, 15) is 47.9 Å². The lowest BCUT2D eigenvalue weighted by atomic mass is 9.80. The number of urea groups is 1. The number of fused-ring (bicyclic) bond motifs is 8. The fraction of sp³-hybridized carbons (Fsp3) is 0.537. The number of carbonyl (C=O) groups excluding carboxylic acids is 9. The monoisotopic (exact) mass is 1390 g/mol. The third-order valence-electron chi connectivity index (χ3n) is 19.6. The lowest BCUT2D eigenvalue weighted by molar-refractivity contribution is -0.134. The van der Waals surface area contributed by atoms with E-state index in [0.717, 1.165) is 27.6 Å². The number of ether oxygens (including phenoxy) is 2. The Morgan fingerprint density at radius 3 is 1.78 bits per heavy atom. The lowest BCUT2D eigenvalue weighted by Crippen LogP contribution is -2.48. The van der Waals surface area contributed by atoms with Gasteiger partial charge in [0.15, 0.2) is 17.3 Å². The minimum Gasteiger partial charge on any atom is -0.445 e. The molecule has 520 valence electrons. The van der Waals surface area contributed by atoms with Crippen molar-refractivity contribution < 1.29 is 71.5 Å². The van der Waals surface area contributed by atoms with Crippen LogP contribution in [0.15, 0.2) is 48.8 Å². The highest BCUT2D eigenvalue weighted by Gasteiger charge is 2.64. The SMILES string of the molecule is CC(=O)C[C@@H](CCCCN)C(=O)N[C@H](C(=O)C[C@@H](CCCNC(N)=O)C(=O)Nc1ccc(COC(=O)N(C)CCN(C)C(=O)Oc2cc3c(c4c(C)c[nH]c24)[C@H](CCl)CN3C(=O)C23CCC(C(=O)N4C[C@@H](CCl)c5c4cc(OP(=O)(O)O)c4[nH]cc(C)c54)(CC2)C3)cc1)C(C)C. The number of unbranched alkanes of at least 4 members (excludes halogenated alkanes) is 1. The van der Waals surface area contributed by atoms with E-state index in [4.69, 9.17) is 48.7 Å². The molecule has 5 aromatic rings. The quantitative estimate of drug-likeness (QED) is 0.0117. The van der Waals surface area contributed by atoms with Crippen molar-refractivity contribution in [3.05, 3.63) is 76.6 Å². The maximum Gasteiger partial charge on any atom is 0.524 e. The van der Waals surface area contributed by atoms with Crippen LogP contribution < -0.4 is 46.5 Å². The number of likely N-dealkylation sites (N-methyl/N-ethyl adjacent to an activating group) is 2. The van der Waals surface area contributed by atoms with E-state index >= 15 is 9.59 Å². The number of aromatic nitrogens is 2. The molecule has 9 rings (SSSR count). The van der Waals surface area contributed by atoms with Crippen LogP contribution in [0, 0.1) is 42.4 Å². The summed E-state index contributed by atoms with van der Waals surface area (Å²) in [6, 6.07) is 8.06. The number of nitrogens with one attached hydrogen (secondary N) is 5. The smallest absolute Gasteiger partial charge is 0.445 e. The summed E-state index contributed by atoms with van der Waals surface area (Å²) in [7, 11) is -1.96. The number of carbonyl (C=O) groups is 9. The van der Waals surface area contributed by atoms with E-state index in [2.05, 4.69) is 25.9 Å². The average molecular weight is 1390 g/mol. The van der Waals surface area contributed by atoms with Crippen molar-refractivity contribution in [3.8, 4) is 11.5 Å². The van der Waals surface area contributed by atoms with Crippen LogP contribution in [-0.2, 0) is 44.7 Å². The number of primary amides is 1. The Labute approximate surface area is 567 Å². The summed E-state index contributed by atoms with van der Waals surface area (Å²) in [6.07, 6.45) is 6.19. The molecule has 0 saturated heterocycles. The predicted octanol–water partition coefficient (Wildman–Crippen LogP) is 9.25. The number of H-pyrrole nitrogens is 2. The number of hydrogen-bond acceptors (Lipinski definition) is 14. The Hall–Kier alpha value is -7.74. The molecule has 2 fully saturated rings. The summed E-state index contributed by atoms with van der Waals surface area (Å²) in [6.45, 7) is 9.79. The Morgan fingerprint density at radius 2 is 1.27 bits per heavy atom. The minimum atomic E-state index is -5.00. The van der Waals surface area contributed by atoms with Crippen LogP contribution in [-0.4, -0.2) is 154 Å². The average Bonchev–Trinajstić information content (AvgIpc) is 1.55. The van der Waals surface area contributed by atoms with Gasteiger partial charge in [0.05, 0.1) is 39.3 Å². The van der Waals surface area contributed by atoms with Gasteiger partial charge in [-0.2, -0.15) is 0 Å². The van der Waals surface area contributed by atoms with Crippen LogP contribution in [0.1, 0.15) is 137 Å². The molecule has 11 N–H and O–H groups in total. The first kappa shape index (κ1) is 72.5. The molecule has 0 radical (unpaired) electrons.